The van der Waals surface area contributed by atoms with Crippen LogP contribution in [-0.4, -0.2) is 34.0 Å². The molecule has 1 N–H and O–H groups in total. The molecule has 0 radical (unpaired) electrons. The minimum absolute atomic E-state index is 0.240. The molecular formula is C14H20N2OS2. The van der Waals surface area contributed by atoms with Gasteiger partial charge in [-0.2, -0.15) is 0 Å². The van der Waals surface area contributed by atoms with E-state index in [1.165, 1.54) is 5.56 Å². The van der Waals surface area contributed by atoms with Crippen molar-refractivity contribution in [3.63, 3.8) is 0 Å². The smallest absolute Gasteiger partial charge is 0.157 e. The van der Waals surface area contributed by atoms with Crippen molar-refractivity contribution in [2.75, 3.05) is 19.3 Å². The van der Waals surface area contributed by atoms with Gasteiger partial charge in [0.1, 0.15) is 0 Å². The fourth-order valence-corrected chi connectivity index (χ4v) is 3.36. The lowest BCUT2D eigenvalue weighted by Gasteiger charge is -2.11. The molecule has 0 amide bonds. The first-order valence-electron chi connectivity index (χ1n) is 6.49. The number of thioether (sulfide) groups is 1. The Bertz CT molecular complexity index is 462. The second-order valence-electron chi connectivity index (χ2n) is 4.69. The molecule has 1 aromatic carbocycles. The van der Waals surface area contributed by atoms with E-state index in [0.717, 1.165) is 24.7 Å². The summed E-state index contributed by atoms with van der Waals surface area (Å²) < 4.78 is 11.3. The lowest BCUT2D eigenvalue weighted by molar-refractivity contribution is 0.666. The minimum atomic E-state index is -0.737. The van der Waals surface area contributed by atoms with E-state index in [-0.39, 0.29) is 5.25 Å². The van der Waals surface area contributed by atoms with Crippen LogP contribution in [0.15, 0.2) is 35.3 Å². The predicted octanol–water partition coefficient (Wildman–Crippen LogP) is 2.58. The Morgan fingerprint density at radius 1 is 1.47 bits per heavy atom. The third-order valence-corrected chi connectivity index (χ3v) is 5.79. The molecule has 0 saturated heterocycles. The highest BCUT2D eigenvalue weighted by Crippen LogP contribution is 2.34. The number of nitrogens with one attached hydrogen (secondary N) is 1. The Hall–Kier alpha value is -0.810. The zero-order valence-corrected chi connectivity index (χ0v) is 13.0. The number of rotatable bonds is 5. The molecule has 1 aromatic rings. The van der Waals surface area contributed by atoms with Crippen LogP contribution in [0, 0.1) is 0 Å². The van der Waals surface area contributed by atoms with Gasteiger partial charge in [0, 0.05) is 28.9 Å². The van der Waals surface area contributed by atoms with Gasteiger partial charge in [0.25, 0.3) is 0 Å². The number of benzene rings is 1. The second kappa shape index (κ2) is 7.10. The van der Waals surface area contributed by atoms with Gasteiger partial charge in [0.15, 0.2) is 5.17 Å². The van der Waals surface area contributed by atoms with Gasteiger partial charge in [-0.25, -0.2) is 0 Å². The largest absolute Gasteiger partial charge is 0.365 e. The van der Waals surface area contributed by atoms with Crippen LogP contribution in [-0.2, 0) is 10.8 Å². The number of hydrogen-bond donors (Lipinski definition) is 1. The molecule has 2 rings (SSSR count). The molecule has 5 heteroatoms. The van der Waals surface area contributed by atoms with Crippen molar-refractivity contribution in [1.82, 2.24) is 5.32 Å². The van der Waals surface area contributed by atoms with Crippen molar-refractivity contribution < 1.29 is 4.21 Å². The second-order valence-corrected chi connectivity index (χ2v) is 7.68. The van der Waals surface area contributed by atoms with Crippen LogP contribution in [0.25, 0.3) is 0 Å². The first kappa shape index (κ1) is 14.6. The fraction of sp³-hybridized carbons (Fsp3) is 0.500. The van der Waals surface area contributed by atoms with E-state index in [4.69, 9.17) is 0 Å². The number of aliphatic imine (C=N–C) groups is 1. The summed E-state index contributed by atoms with van der Waals surface area (Å²) in [5, 5.41) is 5.03. The van der Waals surface area contributed by atoms with Crippen molar-refractivity contribution in [1.29, 1.82) is 0 Å². The van der Waals surface area contributed by atoms with Gasteiger partial charge in [0.05, 0.1) is 11.8 Å². The monoisotopic (exact) mass is 296 g/mol. The van der Waals surface area contributed by atoms with E-state index in [9.17, 15) is 4.21 Å². The summed E-state index contributed by atoms with van der Waals surface area (Å²) in [6.45, 7) is 3.70. The molecule has 1 aliphatic rings. The number of nitrogens with zero attached hydrogens (tertiary/aromatic N) is 1. The average molecular weight is 296 g/mol. The summed E-state index contributed by atoms with van der Waals surface area (Å²) in [5.74, 6) is 0. The molecular weight excluding hydrogens is 276 g/mol. The maximum atomic E-state index is 11.3. The number of amidine groups is 1. The Morgan fingerprint density at radius 2 is 2.21 bits per heavy atom. The predicted molar refractivity (Wildman–Crippen MR) is 85.2 cm³/mol. The minimum Gasteiger partial charge on any atom is -0.365 e. The third kappa shape index (κ3) is 4.35. The summed E-state index contributed by atoms with van der Waals surface area (Å²) in [7, 11) is -0.737. The molecule has 104 valence electrons. The Labute approximate surface area is 121 Å². The van der Waals surface area contributed by atoms with Crippen LogP contribution < -0.4 is 5.32 Å². The molecule has 0 aromatic heterocycles. The summed E-state index contributed by atoms with van der Waals surface area (Å²) in [4.78, 5) is 4.53. The van der Waals surface area contributed by atoms with E-state index < -0.39 is 10.8 Å². The molecule has 3 atom stereocenters. The normalized spacial score (nSPS) is 21.8. The average Bonchev–Trinajstić information content (AvgIpc) is 2.88. The van der Waals surface area contributed by atoms with Gasteiger partial charge in [-0.15, -0.1) is 0 Å². The summed E-state index contributed by atoms with van der Waals surface area (Å²) in [5.41, 5.74) is 1.33. The maximum absolute atomic E-state index is 11.3. The lowest BCUT2D eigenvalue weighted by atomic mass is 10.1. The zero-order valence-electron chi connectivity index (χ0n) is 11.3. The van der Waals surface area contributed by atoms with Crippen LogP contribution in [0.1, 0.15) is 24.2 Å². The van der Waals surface area contributed by atoms with Crippen molar-refractivity contribution in [3.8, 4) is 0 Å². The first-order valence-corrected chi connectivity index (χ1v) is 8.99. The summed E-state index contributed by atoms with van der Waals surface area (Å²) in [6, 6.07) is 10.5. The van der Waals surface area contributed by atoms with Gasteiger partial charge in [-0.1, -0.05) is 49.0 Å². The lowest BCUT2D eigenvalue weighted by Crippen LogP contribution is -2.24. The number of hydrogen-bond acceptors (Lipinski definition) is 4. The van der Waals surface area contributed by atoms with Crippen LogP contribution in [0.3, 0.4) is 0 Å². The van der Waals surface area contributed by atoms with Crippen LogP contribution in [0.4, 0.5) is 0 Å². The van der Waals surface area contributed by atoms with Crippen LogP contribution in [0.2, 0.25) is 0 Å². The van der Waals surface area contributed by atoms with Crippen LogP contribution in [0.5, 0.6) is 0 Å². The van der Waals surface area contributed by atoms with Gasteiger partial charge < -0.3 is 5.32 Å². The molecule has 1 heterocycles. The molecule has 19 heavy (non-hydrogen) atoms. The van der Waals surface area contributed by atoms with E-state index in [1.54, 1.807) is 18.0 Å². The molecule has 3 nitrogen and oxygen atoms in total. The molecule has 0 aliphatic carbocycles. The molecule has 0 spiro atoms. The van der Waals surface area contributed by atoms with Crippen LogP contribution >= 0.6 is 11.8 Å². The SMILES string of the molecule is CC(CCNC1=NCC(c2ccccc2)S1)S(C)=O. The molecule has 0 fully saturated rings. The first-order chi connectivity index (χ1) is 9.16. The summed E-state index contributed by atoms with van der Waals surface area (Å²) >= 11 is 1.79. The third-order valence-electron chi connectivity index (χ3n) is 3.22. The molecule has 0 bridgehead atoms. The zero-order chi connectivity index (χ0) is 13.7. The fourth-order valence-electron chi connectivity index (χ4n) is 1.86. The molecule has 3 unspecified atom stereocenters. The van der Waals surface area contributed by atoms with Crippen molar-refractivity contribution in [2.24, 2.45) is 4.99 Å². The van der Waals surface area contributed by atoms with E-state index in [0.29, 0.717) is 5.25 Å². The Kier molecular flexibility index (Phi) is 5.45. The van der Waals surface area contributed by atoms with Gasteiger partial charge >= 0.3 is 0 Å². The van der Waals surface area contributed by atoms with E-state index in [1.807, 2.05) is 13.0 Å². The maximum Gasteiger partial charge on any atom is 0.157 e. The van der Waals surface area contributed by atoms with Crippen molar-refractivity contribution in [2.45, 2.75) is 23.8 Å². The van der Waals surface area contributed by atoms with Crippen molar-refractivity contribution >= 4 is 27.7 Å². The van der Waals surface area contributed by atoms with Crippen molar-refractivity contribution in [3.05, 3.63) is 35.9 Å². The highest BCUT2D eigenvalue weighted by molar-refractivity contribution is 8.14. The Morgan fingerprint density at radius 3 is 2.89 bits per heavy atom. The molecule has 0 saturated carbocycles. The van der Waals surface area contributed by atoms with E-state index in [2.05, 4.69) is 34.6 Å². The molecule has 1 aliphatic heterocycles. The van der Waals surface area contributed by atoms with Gasteiger partial charge in [0.2, 0.25) is 0 Å². The standard InChI is InChI=1S/C14H20N2OS2/c1-11(19(2)17)8-9-15-14-16-10-13(18-14)12-6-4-3-5-7-12/h3-7,11,13H,8-10H2,1-2H3,(H,15,16). The highest BCUT2D eigenvalue weighted by Gasteiger charge is 2.20. The van der Waals surface area contributed by atoms with Gasteiger partial charge in [-0.3, -0.25) is 9.20 Å². The highest BCUT2D eigenvalue weighted by atomic mass is 32.2. The summed E-state index contributed by atoms with van der Waals surface area (Å²) in [6.07, 6.45) is 2.68. The van der Waals surface area contributed by atoms with Gasteiger partial charge in [-0.05, 0) is 12.0 Å². The van der Waals surface area contributed by atoms with E-state index >= 15 is 0 Å². The Balaban J connectivity index is 1.75. The topological polar surface area (TPSA) is 41.5 Å². The quantitative estimate of drug-likeness (QED) is 0.908.